The number of furan rings is 1. The Balaban J connectivity index is 1.84. The summed E-state index contributed by atoms with van der Waals surface area (Å²) in [5.41, 5.74) is 4.29. The maximum atomic E-state index is 11.8. The first-order chi connectivity index (χ1) is 10.3. The van der Waals surface area contributed by atoms with Gasteiger partial charge in [0.2, 0.25) is 0 Å². The van der Waals surface area contributed by atoms with Gasteiger partial charge < -0.3 is 4.42 Å². The van der Waals surface area contributed by atoms with Crippen LogP contribution in [-0.2, 0) is 6.42 Å². The molecule has 1 aromatic carbocycles. The van der Waals surface area contributed by atoms with Crippen LogP contribution >= 0.6 is 11.3 Å². The molecule has 3 aromatic rings. The van der Waals surface area contributed by atoms with Crippen molar-refractivity contribution in [2.45, 2.75) is 13.3 Å². The summed E-state index contributed by atoms with van der Waals surface area (Å²) in [7, 11) is 0. The van der Waals surface area contributed by atoms with Gasteiger partial charge in [0.05, 0.1) is 11.1 Å². The van der Waals surface area contributed by atoms with Gasteiger partial charge in [-0.3, -0.25) is 4.79 Å². The fraction of sp³-hybridized carbons (Fsp3) is 0.125. The van der Waals surface area contributed by atoms with Gasteiger partial charge in [-0.15, -0.1) is 11.3 Å². The highest BCUT2D eigenvalue weighted by atomic mass is 32.1. The van der Waals surface area contributed by atoms with Gasteiger partial charge in [0.15, 0.2) is 0 Å². The van der Waals surface area contributed by atoms with Crippen molar-refractivity contribution in [2.24, 2.45) is 5.10 Å². The van der Waals surface area contributed by atoms with Crippen LogP contribution in [0.15, 0.2) is 51.3 Å². The third kappa shape index (κ3) is 2.73. The smallest absolute Gasteiger partial charge is 0.281 e. The van der Waals surface area contributed by atoms with Crippen LogP contribution in [0, 0.1) is 0 Å². The van der Waals surface area contributed by atoms with Crippen LogP contribution in [0.3, 0.4) is 0 Å². The molecule has 2 heterocycles. The summed E-state index contributed by atoms with van der Waals surface area (Å²) in [5, 5.41) is 6.91. The molecule has 0 fully saturated rings. The largest absolute Gasteiger partial charge is 0.460 e. The number of carbonyl (C=O) groups excluding carboxylic acids is 1. The molecule has 21 heavy (non-hydrogen) atoms. The van der Waals surface area contributed by atoms with Gasteiger partial charge >= 0.3 is 0 Å². The zero-order chi connectivity index (χ0) is 14.7. The van der Waals surface area contributed by atoms with Gasteiger partial charge in [0, 0.05) is 17.4 Å². The minimum Gasteiger partial charge on any atom is -0.460 e. The van der Waals surface area contributed by atoms with E-state index in [2.05, 4.69) is 10.5 Å². The predicted molar refractivity (Wildman–Crippen MR) is 85.0 cm³/mol. The first-order valence-electron chi connectivity index (χ1n) is 6.67. The Morgan fingerprint density at radius 2 is 2.19 bits per heavy atom. The summed E-state index contributed by atoms with van der Waals surface area (Å²) >= 11 is 1.38. The number of amides is 1. The first-order valence-corrected chi connectivity index (χ1v) is 7.55. The van der Waals surface area contributed by atoms with E-state index in [0.717, 1.165) is 28.7 Å². The molecule has 2 aromatic heterocycles. The topological polar surface area (TPSA) is 54.6 Å². The number of fused-ring (bicyclic) bond motifs is 1. The molecule has 0 bridgehead atoms. The molecule has 4 nitrogen and oxygen atoms in total. The van der Waals surface area contributed by atoms with Crippen LogP contribution in [0.4, 0.5) is 0 Å². The SMILES string of the molecule is CCc1oc2ccccc2c1/C=N\NC(=O)c1cccs1. The third-order valence-corrected chi connectivity index (χ3v) is 4.01. The van der Waals surface area contributed by atoms with Crippen LogP contribution in [0.2, 0.25) is 0 Å². The zero-order valence-electron chi connectivity index (χ0n) is 11.5. The Kier molecular flexibility index (Phi) is 3.83. The molecule has 0 radical (unpaired) electrons. The number of thiophene rings is 1. The van der Waals surface area contributed by atoms with Crippen LogP contribution < -0.4 is 5.43 Å². The second kappa shape index (κ2) is 5.93. The number of hydrazone groups is 1. The van der Waals surface area contributed by atoms with E-state index in [4.69, 9.17) is 4.42 Å². The number of benzene rings is 1. The normalized spacial score (nSPS) is 11.3. The molecule has 5 heteroatoms. The monoisotopic (exact) mass is 298 g/mol. The fourth-order valence-electron chi connectivity index (χ4n) is 2.14. The van der Waals surface area contributed by atoms with Gasteiger partial charge in [-0.2, -0.15) is 5.10 Å². The van der Waals surface area contributed by atoms with Crippen LogP contribution in [0.1, 0.15) is 27.9 Å². The summed E-state index contributed by atoms with van der Waals surface area (Å²) in [6.45, 7) is 2.03. The lowest BCUT2D eigenvalue weighted by Crippen LogP contribution is -2.16. The highest BCUT2D eigenvalue weighted by molar-refractivity contribution is 7.12. The molecule has 0 unspecified atom stereocenters. The first kappa shape index (κ1) is 13.6. The Hall–Kier alpha value is -2.40. The molecule has 0 aliphatic heterocycles. The molecule has 0 spiro atoms. The summed E-state index contributed by atoms with van der Waals surface area (Å²) in [5.74, 6) is 0.664. The molecule has 0 saturated carbocycles. The van der Waals surface area contributed by atoms with E-state index in [1.54, 1.807) is 12.3 Å². The Labute approximate surface area is 126 Å². The molecule has 106 valence electrons. The fourth-order valence-corrected chi connectivity index (χ4v) is 2.75. The second-order valence-corrected chi connectivity index (χ2v) is 5.41. The number of nitrogens with zero attached hydrogens (tertiary/aromatic N) is 1. The minimum atomic E-state index is -0.202. The molecule has 0 aliphatic carbocycles. The lowest BCUT2D eigenvalue weighted by Gasteiger charge is -1.96. The molecule has 1 N–H and O–H groups in total. The molecule has 1 amide bonds. The Bertz CT molecular complexity index is 788. The predicted octanol–water partition coefficient (Wildman–Crippen LogP) is 3.82. The summed E-state index contributed by atoms with van der Waals surface area (Å²) in [4.78, 5) is 12.5. The zero-order valence-corrected chi connectivity index (χ0v) is 12.3. The highest BCUT2D eigenvalue weighted by Crippen LogP contribution is 2.24. The second-order valence-electron chi connectivity index (χ2n) is 4.47. The van der Waals surface area contributed by atoms with Gasteiger partial charge in [-0.1, -0.05) is 31.2 Å². The maximum Gasteiger partial charge on any atom is 0.281 e. The van der Waals surface area contributed by atoms with E-state index >= 15 is 0 Å². The highest BCUT2D eigenvalue weighted by Gasteiger charge is 2.10. The van der Waals surface area contributed by atoms with Gasteiger partial charge in [-0.05, 0) is 17.5 Å². The van der Waals surface area contributed by atoms with Crippen molar-refractivity contribution < 1.29 is 9.21 Å². The third-order valence-electron chi connectivity index (χ3n) is 3.14. The van der Waals surface area contributed by atoms with Crippen LogP contribution in [-0.4, -0.2) is 12.1 Å². The van der Waals surface area contributed by atoms with Crippen LogP contribution in [0.25, 0.3) is 11.0 Å². The molecule has 0 atom stereocenters. The molecule has 0 aliphatic rings. The molecular formula is C16H14N2O2S. The average molecular weight is 298 g/mol. The Morgan fingerprint density at radius 3 is 2.95 bits per heavy atom. The maximum absolute atomic E-state index is 11.8. The molecular weight excluding hydrogens is 284 g/mol. The average Bonchev–Trinajstić information content (AvgIpc) is 3.14. The van der Waals surface area contributed by atoms with Gasteiger partial charge in [0.25, 0.3) is 5.91 Å². The van der Waals surface area contributed by atoms with E-state index < -0.39 is 0 Å². The Morgan fingerprint density at radius 1 is 1.33 bits per heavy atom. The molecule has 3 rings (SSSR count). The summed E-state index contributed by atoms with van der Waals surface area (Å²) < 4.78 is 5.78. The lowest BCUT2D eigenvalue weighted by molar-refractivity contribution is 0.0959. The van der Waals surface area contributed by atoms with E-state index in [9.17, 15) is 4.79 Å². The molecule has 0 saturated heterocycles. The van der Waals surface area contributed by atoms with Gasteiger partial charge in [0.1, 0.15) is 11.3 Å². The van der Waals surface area contributed by atoms with Crippen molar-refractivity contribution in [1.29, 1.82) is 0 Å². The summed E-state index contributed by atoms with van der Waals surface area (Å²) in [6.07, 6.45) is 2.42. The lowest BCUT2D eigenvalue weighted by atomic mass is 10.1. The van der Waals surface area contributed by atoms with E-state index in [1.807, 2.05) is 42.6 Å². The number of hydrogen-bond acceptors (Lipinski definition) is 4. The number of para-hydroxylation sites is 1. The van der Waals surface area contributed by atoms with E-state index in [0.29, 0.717) is 4.88 Å². The van der Waals surface area contributed by atoms with Crippen LogP contribution in [0.5, 0.6) is 0 Å². The van der Waals surface area contributed by atoms with Crippen molar-refractivity contribution in [1.82, 2.24) is 5.43 Å². The van der Waals surface area contributed by atoms with E-state index in [1.165, 1.54) is 11.3 Å². The van der Waals surface area contributed by atoms with Crippen molar-refractivity contribution >= 4 is 34.4 Å². The number of nitrogens with one attached hydrogen (secondary N) is 1. The summed E-state index contributed by atoms with van der Waals surface area (Å²) in [6, 6.07) is 11.4. The van der Waals surface area contributed by atoms with Crippen molar-refractivity contribution in [3.63, 3.8) is 0 Å². The quantitative estimate of drug-likeness (QED) is 0.588. The number of aryl methyl sites for hydroxylation is 1. The van der Waals surface area contributed by atoms with Gasteiger partial charge in [-0.25, -0.2) is 5.43 Å². The van der Waals surface area contributed by atoms with Crippen molar-refractivity contribution in [3.8, 4) is 0 Å². The standard InChI is InChI=1S/C16H14N2O2S/c1-2-13-12(11-6-3-4-7-14(11)20-13)10-17-18-16(19)15-8-5-9-21-15/h3-10H,2H2,1H3,(H,18,19)/b17-10-. The number of hydrogen-bond donors (Lipinski definition) is 1. The number of rotatable bonds is 4. The number of carbonyl (C=O) groups is 1. The van der Waals surface area contributed by atoms with Crippen molar-refractivity contribution in [3.05, 3.63) is 58.0 Å². The minimum absolute atomic E-state index is 0.202. The van der Waals surface area contributed by atoms with E-state index in [-0.39, 0.29) is 5.91 Å². The van der Waals surface area contributed by atoms with Crippen molar-refractivity contribution in [2.75, 3.05) is 0 Å².